The first-order valence-corrected chi connectivity index (χ1v) is 11.6. The molecule has 0 aliphatic heterocycles. The van der Waals surface area contributed by atoms with Gasteiger partial charge in [0.15, 0.2) is 0 Å². The molecule has 6 nitrogen and oxygen atoms in total. The predicted molar refractivity (Wildman–Crippen MR) is 108 cm³/mol. The van der Waals surface area contributed by atoms with Crippen LogP contribution >= 0.6 is 0 Å². The zero-order chi connectivity index (χ0) is 20.1. The van der Waals surface area contributed by atoms with Crippen LogP contribution in [0.5, 0.6) is 0 Å². The normalized spacial score (nSPS) is 21.8. The number of quaternary nitrogens is 1. The number of hydrogen-bond acceptors (Lipinski definition) is 4. The number of esters is 1. The zero-order valence-corrected chi connectivity index (χ0v) is 18.3. The van der Waals surface area contributed by atoms with Crippen LogP contribution in [0, 0.1) is 0 Å². The van der Waals surface area contributed by atoms with Gasteiger partial charge in [-0.1, -0.05) is 32.6 Å². The molecule has 1 aliphatic rings. The quantitative estimate of drug-likeness (QED) is 0.202. The maximum Gasteiger partial charge on any atom is 0.306 e. The molecule has 0 saturated heterocycles. The molecule has 0 aromatic rings. The van der Waals surface area contributed by atoms with Crippen molar-refractivity contribution in [2.75, 3.05) is 27.2 Å². The van der Waals surface area contributed by atoms with Gasteiger partial charge in [0.05, 0.1) is 39.7 Å². The van der Waals surface area contributed by atoms with Gasteiger partial charge in [0, 0.05) is 6.42 Å². The molecule has 1 saturated carbocycles. The average Bonchev–Trinajstić information content (AvgIpc) is 2.59. The molecule has 0 heterocycles. The van der Waals surface area contributed by atoms with Crippen LogP contribution in [0.1, 0.15) is 84.0 Å². The van der Waals surface area contributed by atoms with E-state index < -0.39 is 11.4 Å². The minimum absolute atomic E-state index is 0.0740. The first-order chi connectivity index (χ1) is 12.8. The van der Waals surface area contributed by atoms with Gasteiger partial charge in [-0.2, -0.15) is 4.21 Å². The molecule has 160 valence electrons. The lowest BCUT2D eigenvalue weighted by Gasteiger charge is -2.30. The Morgan fingerprint density at radius 2 is 1.52 bits per heavy atom. The van der Waals surface area contributed by atoms with Crippen molar-refractivity contribution in [3.63, 3.8) is 0 Å². The van der Waals surface area contributed by atoms with E-state index >= 15 is 0 Å². The summed E-state index contributed by atoms with van der Waals surface area (Å²) in [4.78, 5) is 12.1. The molecule has 7 heteroatoms. The first-order valence-electron chi connectivity index (χ1n) is 10.6. The molecule has 0 aromatic heterocycles. The molecular weight excluding hydrogens is 366 g/mol. The van der Waals surface area contributed by atoms with Gasteiger partial charge in [0.2, 0.25) is 0 Å². The van der Waals surface area contributed by atoms with Crippen molar-refractivity contribution in [1.29, 1.82) is 0 Å². The van der Waals surface area contributed by atoms with E-state index in [0.717, 1.165) is 24.0 Å². The lowest BCUT2D eigenvalue weighted by molar-refractivity contribution is -0.890. The Hall–Kier alpha value is -0.500. The third-order valence-corrected chi connectivity index (χ3v) is 5.84. The second kappa shape index (κ2) is 13.6. The van der Waals surface area contributed by atoms with Crippen molar-refractivity contribution < 1.29 is 27.0 Å². The maximum absolute atomic E-state index is 12.1. The summed E-state index contributed by atoms with van der Waals surface area (Å²) in [5.74, 6) is -0.121. The molecule has 0 spiro atoms. The number of nitrogens with zero attached hydrogens (tertiary/aromatic N) is 1. The minimum Gasteiger partial charge on any atom is -0.462 e. The number of carbonyl (C=O) groups is 1. The van der Waals surface area contributed by atoms with E-state index in [9.17, 15) is 9.00 Å². The molecule has 1 N–H and O–H groups in total. The first kappa shape index (κ1) is 24.5. The third kappa shape index (κ3) is 12.5. The molecule has 0 amide bonds. The van der Waals surface area contributed by atoms with Crippen molar-refractivity contribution in [3.05, 3.63) is 0 Å². The van der Waals surface area contributed by atoms with Gasteiger partial charge in [0.1, 0.15) is 6.10 Å². The molecule has 27 heavy (non-hydrogen) atoms. The van der Waals surface area contributed by atoms with Crippen LogP contribution in [0.4, 0.5) is 0 Å². The Morgan fingerprint density at radius 1 is 0.963 bits per heavy atom. The summed E-state index contributed by atoms with van der Waals surface area (Å²) in [6.45, 7) is 4.40. The molecule has 0 aromatic carbocycles. The fourth-order valence-corrected chi connectivity index (χ4v) is 4.12. The molecular formula is C20H40NO5S+. The van der Waals surface area contributed by atoms with Crippen LogP contribution in [-0.2, 0) is 25.1 Å². The standard InChI is InChI=1S/C20H39NO5S/c1-4-5-6-7-8-9-16-21(2,3)17-10-11-20(22)25-18-12-14-19(15-13-18)26-27(23)24/h18-19H,4-17H2,1-3H3/p+1. The van der Waals surface area contributed by atoms with Gasteiger partial charge in [-0.05, 0) is 38.5 Å². The van der Waals surface area contributed by atoms with Gasteiger partial charge in [-0.25, -0.2) is 0 Å². The summed E-state index contributed by atoms with van der Waals surface area (Å²) >= 11 is -2.21. The molecule has 1 rings (SSSR count). The summed E-state index contributed by atoms with van der Waals surface area (Å²) in [7, 11) is 4.48. The lowest BCUT2D eigenvalue weighted by Crippen LogP contribution is -2.41. The predicted octanol–water partition coefficient (Wildman–Crippen LogP) is 4.21. The van der Waals surface area contributed by atoms with Crippen LogP contribution in [0.3, 0.4) is 0 Å². The highest BCUT2D eigenvalue weighted by molar-refractivity contribution is 7.74. The lowest BCUT2D eigenvalue weighted by atomic mass is 9.95. The second-order valence-electron chi connectivity index (χ2n) is 8.46. The van der Waals surface area contributed by atoms with E-state index in [1.807, 2.05) is 0 Å². The number of rotatable bonds is 14. The van der Waals surface area contributed by atoms with Gasteiger partial charge in [-0.3, -0.25) is 13.5 Å². The Balaban J connectivity index is 2.09. The van der Waals surface area contributed by atoms with Crippen molar-refractivity contribution >= 4 is 17.3 Å². The van der Waals surface area contributed by atoms with Crippen LogP contribution in [0.15, 0.2) is 0 Å². The van der Waals surface area contributed by atoms with Crippen molar-refractivity contribution in [2.24, 2.45) is 0 Å². The van der Waals surface area contributed by atoms with E-state index in [1.54, 1.807) is 0 Å². The fourth-order valence-electron chi connectivity index (χ4n) is 3.69. The highest BCUT2D eigenvalue weighted by atomic mass is 32.2. The van der Waals surface area contributed by atoms with E-state index in [-0.39, 0.29) is 18.2 Å². The number of hydrogen-bond donors (Lipinski definition) is 1. The van der Waals surface area contributed by atoms with Crippen LogP contribution in [0.25, 0.3) is 0 Å². The highest BCUT2D eigenvalue weighted by Gasteiger charge is 2.26. The van der Waals surface area contributed by atoms with Gasteiger partial charge < -0.3 is 9.22 Å². The maximum atomic E-state index is 12.1. The summed E-state index contributed by atoms with van der Waals surface area (Å²) < 4.78 is 30.8. The summed E-state index contributed by atoms with van der Waals surface area (Å²) in [6, 6.07) is 0. The number of ether oxygens (including phenoxy) is 1. The Labute approximate surface area is 168 Å². The van der Waals surface area contributed by atoms with E-state index in [4.69, 9.17) is 13.5 Å². The zero-order valence-electron chi connectivity index (χ0n) is 17.5. The minimum atomic E-state index is -2.21. The van der Waals surface area contributed by atoms with Gasteiger partial charge >= 0.3 is 17.3 Å². The van der Waals surface area contributed by atoms with Crippen molar-refractivity contribution in [2.45, 2.75) is 96.2 Å². The smallest absolute Gasteiger partial charge is 0.306 e. The van der Waals surface area contributed by atoms with Crippen LogP contribution in [0.2, 0.25) is 0 Å². The second-order valence-corrected chi connectivity index (χ2v) is 9.08. The van der Waals surface area contributed by atoms with E-state index in [1.165, 1.54) is 38.5 Å². The summed E-state index contributed by atoms with van der Waals surface area (Å²) in [5, 5.41) is 0. The number of carbonyl (C=O) groups excluding carboxylic acids is 1. The highest BCUT2D eigenvalue weighted by Crippen LogP contribution is 2.24. The van der Waals surface area contributed by atoms with E-state index in [2.05, 4.69) is 21.0 Å². The average molecular weight is 407 g/mol. The third-order valence-electron chi connectivity index (χ3n) is 5.40. The van der Waals surface area contributed by atoms with E-state index in [0.29, 0.717) is 32.1 Å². The van der Waals surface area contributed by atoms with Gasteiger partial charge in [-0.15, -0.1) is 0 Å². The molecule has 1 unspecified atom stereocenters. The van der Waals surface area contributed by atoms with Crippen molar-refractivity contribution in [1.82, 2.24) is 0 Å². The molecule has 0 bridgehead atoms. The van der Waals surface area contributed by atoms with Crippen LogP contribution < -0.4 is 0 Å². The Bertz CT molecular complexity index is 436. The van der Waals surface area contributed by atoms with Gasteiger partial charge in [0.25, 0.3) is 0 Å². The largest absolute Gasteiger partial charge is 0.462 e. The molecule has 1 aliphatic carbocycles. The summed E-state index contributed by atoms with van der Waals surface area (Å²) in [5.41, 5.74) is 0. The topological polar surface area (TPSA) is 72.8 Å². The van der Waals surface area contributed by atoms with Crippen molar-refractivity contribution in [3.8, 4) is 0 Å². The number of unbranched alkanes of at least 4 members (excludes halogenated alkanes) is 5. The molecule has 1 fully saturated rings. The SMILES string of the molecule is CCCCCCCC[N+](C)(C)CCCC(=O)OC1CCC(OS(=O)O)CC1. The molecule has 1 atom stereocenters. The monoisotopic (exact) mass is 406 g/mol. The van der Waals surface area contributed by atoms with Crippen LogP contribution in [-0.4, -0.2) is 58.6 Å². The Kier molecular flexibility index (Phi) is 12.4. The fraction of sp³-hybridized carbons (Fsp3) is 0.950. The Morgan fingerprint density at radius 3 is 2.15 bits per heavy atom. The molecule has 0 radical (unpaired) electrons. The summed E-state index contributed by atoms with van der Waals surface area (Å²) in [6.07, 6.45) is 11.6.